The number of nitrogens with two attached hydrogens (primary N) is 1. The second-order valence-electron chi connectivity index (χ2n) is 4.47. The molecule has 2 N–H and O–H groups in total. The summed E-state index contributed by atoms with van der Waals surface area (Å²) in [5.41, 5.74) is 6.42. The Morgan fingerprint density at radius 2 is 2.05 bits per heavy atom. The molecule has 0 saturated heterocycles. The van der Waals surface area contributed by atoms with Crippen LogP contribution in [-0.2, 0) is 16.3 Å². The zero-order valence-corrected chi connectivity index (χ0v) is 13.3. The van der Waals surface area contributed by atoms with Crippen LogP contribution in [0.15, 0.2) is 12.1 Å². The van der Waals surface area contributed by atoms with Gasteiger partial charge in [0.15, 0.2) is 11.5 Å². The maximum absolute atomic E-state index is 11.1. The summed E-state index contributed by atoms with van der Waals surface area (Å²) in [6, 6.07) is 3.44. The van der Waals surface area contributed by atoms with Crippen LogP contribution < -0.4 is 15.2 Å². The highest BCUT2D eigenvalue weighted by molar-refractivity contribution is 7.90. The van der Waals surface area contributed by atoms with Crippen molar-refractivity contribution in [1.29, 1.82) is 0 Å². The lowest BCUT2D eigenvalue weighted by molar-refractivity contribution is 0.291. The van der Waals surface area contributed by atoms with Gasteiger partial charge in [0.05, 0.1) is 19.5 Å². The molecule has 0 spiro atoms. The van der Waals surface area contributed by atoms with Crippen LogP contribution in [0.4, 0.5) is 0 Å². The molecular formula is C13H20ClNO4S. The third kappa shape index (κ3) is 5.56. The van der Waals surface area contributed by atoms with Crippen LogP contribution in [0.1, 0.15) is 12.0 Å². The highest BCUT2D eigenvalue weighted by Gasteiger charge is 2.13. The maximum atomic E-state index is 11.1. The summed E-state index contributed by atoms with van der Waals surface area (Å²) in [6.07, 6.45) is 2.24. The van der Waals surface area contributed by atoms with Crippen LogP contribution in [0.3, 0.4) is 0 Å². The van der Waals surface area contributed by atoms with Gasteiger partial charge in [-0.3, -0.25) is 0 Å². The van der Waals surface area contributed by atoms with E-state index in [2.05, 4.69) is 0 Å². The Morgan fingerprint density at radius 3 is 2.60 bits per heavy atom. The molecule has 0 fully saturated rings. The number of methoxy groups -OCH3 is 1. The predicted octanol–water partition coefficient (Wildman–Crippen LogP) is 1.66. The van der Waals surface area contributed by atoms with E-state index in [1.807, 2.05) is 0 Å². The number of sulfone groups is 1. The highest BCUT2D eigenvalue weighted by Crippen LogP contribution is 2.35. The molecule has 0 amide bonds. The number of benzene rings is 1. The van der Waals surface area contributed by atoms with Gasteiger partial charge in [-0.2, -0.15) is 0 Å². The molecule has 0 radical (unpaired) electrons. The number of rotatable bonds is 8. The summed E-state index contributed by atoms with van der Waals surface area (Å²) in [6.45, 7) is 0.756. The molecule has 0 aliphatic carbocycles. The van der Waals surface area contributed by atoms with E-state index < -0.39 is 9.84 Å². The minimum Gasteiger partial charge on any atom is -0.493 e. The molecule has 0 aliphatic rings. The molecule has 7 heteroatoms. The largest absolute Gasteiger partial charge is 0.493 e. The summed E-state index contributed by atoms with van der Waals surface area (Å²) in [5, 5.41) is 0.550. The van der Waals surface area contributed by atoms with E-state index in [0.29, 0.717) is 42.5 Å². The monoisotopic (exact) mass is 321 g/mol. The minimum atomic E-state index is -2.97. The zero-order chi connectivity index (χ0) is 15.2. The van der Waals surface area contributed by atoms with Crippen LogP contribution in [0.2, 0.25) is 5.02 Å². The smallest absolute Gasteiger partial charge is 0.164 e. The van der Waals surface area contributed by atoms with Crippen molar-refractivity contribution >= 4 is 21.4 Å². The third-order valence-electron chi connectivity index (χ3n) is 2.64. The standard InChI is InChI=1S/C13H20ClNO4S/c1-18-12-9-11(14)8-10(4-5-15)13(12)19-6-3-7-20(2,16)17/h8-9H,3-7,15H2,1-2H3. The van der Waals surface area contributed by atoms with E-state index >= 15 is 0 Å². The van der Waals surface area contributed by atoms with E-state index in [1.54, 1.807) is 12.1 Å². The van der Waals surface area contributed by atoms with Crippen LogP contribution in [0, 0.1) is 0 Å². The summed E-state index contributed by atoms with van der Waals surface area (Å²) < 4.78 is 33.0. The molecule has 0 atom stereocenters. The van der Waals surface area contributed by atoms with Gasteiger partial charge in [-0.25, -0.2) is 8.42 Å². The molecule has 0 aromatic heterocycles. The van der Waals surface area contributed by atoms with E-state index in [4.69, 9.17) is 26.8 Å². The highest BCUT2D eigenvalue weighted by atomic mass is 35.5. The summed E-state index contributed by atoms with van der Waals surface area (Å²) in [7, 11) is -1.44. The molecule has 0 saturated carbocycles. The van der Waals surface area contributed by atoms with Crippen molar-refractivity contribution in [2.45, 2.75) is 12.8 Å². The molecule has 0 unspecified atom stereocenters. The lowest BCUT2D eigenvalue weighted by Crippen LogP contribution is -2.10. The maximum Gasteiger partial charge on any atom is 0.164 e. The van der Waals surface area contributed by atoms with Gasteiger partial charge in [-0.15, -0.1) is 0 Å². The number of ether oxygens (including phenoxy) is 2. The van der Waals surface area contributed by atoms with Crippen LogP contribution in [0.5, 0.6) is 11.5 Å². The van der Waals surface area contributed by atoms with Crippen molar-refractivity contribution in [3.63, 3.8) is 0 Å². The quantitative estimate of drug-likeness (QED) is 0.737. The van der Waals surface area contributed by atoms with Gasteiger partial charge in [0.25, 0.3) is 0 Å². The fourth-order valence-corrected chi connectivity index (χ4v) is 2.65. The summed E-state index contributed by atoms with van der Waals surface area (Å²) >= 11 is 6.00. The van der Waals surface area contributed by atoms with E-state index in [0.717, 1.165) is 5.56 Å². The first-order chi connectivity index (χ1) is 9.37. The molecule has 5 nitrogen and oxygen atoms in total. The van der Waals surface area contributed by atoms with Gasteiger partial charge in [-0.1, -0.05) is 11.6 Å². The minimum absolute atomic E-state index is 0.0924. The Kier molecular flexibility index (Phi) is 6.58. The van der Waals surface area contributed by atoms with Gasteiger partial charge in [0.1, 0.15) is 9.84 Å². The average Bonchev–Trinajstić information content (AvgIpc) is 2.35. The normalized spacial score (nSPS) is 11.4. The van der Waals surface area contributed by atoms with E-state index in [9.17, 15) is 8.42 Å². The zero-order valence-electron chi connectivity index (χ0n) is 11.7. The number of hydrogen-bond acceptors (Lipinski definition) is 5. The second-order valence-corrected chi connectivity index (χ2v) is 7.16. The fraction of sp³-hybridized carbons (Fsp3) is 0.538. The SMILES string of the molecule is COc1cc(Cl)cc(CCN)c1OCCCS(C)(=O)=O. The Balaban J connectivity index is 2.81. The van der Waals surface area contributed by atoms with Gasteiger partial charge >= 0.3 is 0 Å². The van der Waals surface area contributed by atoms with Crippen molar-refractivity contribution in [2.24, 2.45) is 5.73 Å². The lowest BCUT2D eigenvalue weighted by Gasteiger charge is -2.15. The molecule has 0 heterocycles. The van der Waals surface area contributed by atoms with Gasteiger partial charge in [0.2, 0.25) is 0 Å². The van der Waals surface area contributed by atoms with Crippen molar-refractivity contribution in [1.82, 2.24) is 0 Å². The van der Waals surface area contributed by atoms with Crippen molar-refractivity contribution in [3.05, 3.63) is 22.7 Å². The molecule has 0 bridgehead atoms. The Hall–Kier alpha value is -0.980. The first-order valence-electron chi connectivity index (χ1n) is 6.24. The summed E-state index contributed by atoms with van der Waals surface area (Å²) in [5.74, 6) is 1.20. The van der Waals surface area contributed by atoms with Crippen LogP contribution in [0.25, 0.3) is 0 Å². The third-order valence-corrected chi connectivity index (χ3v) is 3.88. The Bertz CT molecular complexity index is 546. The predicted molar refractivity (Wildman–Crippen MR) is 80.6 cm³/mol. The number of halogens is 1. The van der Waals surface area contributed by atoms with Gasteiger partial charge in [0, 0.05) is 22.9 Å². The molecule has 20 heavy (non-hydrogen) atoms. The van der Waals surface area contributed by atoms with E-state index in [-0.39, 0.29) is 5.75 Å². The number of hydrogen-bond donors (Lipinski definition) is 1. The fourth-order valence-electron chi connectivity index (χ4n) is 1.77. The van der Waals surface area contributed by atoms with Gasteiger partial charge < -0.3 is 15.2 Å². The molecule has 1 rings (SSSR count). The topological polar surface area (TPSA) is 78.6 Å². The van der Waals surface area contributed by atoms with Gasteiger partial charge in [-0.05, 0) is 25.5 Å². The molecule has 114 valence electrons. The average molecular weight is 322 g/mol. The lowest BCUT2D eigenvalue weighted by atomic mass is 10.1. The van der Waals surface area contributed by atoms with Crippen LogP contribution in [-0.4, -0.2) is 40.7 Å². The molecule has 1 aromatic rings. The molecular weight excluding hydrogens is 302 g/mol. The first kappa shape index (κ1) is 17.1. The van der Waals surface area contributed by atoms with E-state index in [1.165, 1.54) is 13.4 Å². The van der Waals surface area contributed by atoms with Crippen molar-refractivity contribution in [2.75, 3.05) is 32.3 Å². The molecule has 0 aliphatic heterocycles. The second kappa shape index (κ2) is 7.71. The van der Waals surface area contributed by atoms with Crippen molar-refractivity contribution < 1.29 is 17.9 Å². The summed E-state index contributed by atoms with van der Waals surface area (Å²) in [4.78, 5) is 0. The Morgan fingerprint density at radius 1 is 1.35 bits per heavy atom. The first-order valence-corrected chi connectivity index (χ1v) is 8.68. The van der Waals surface area contributed by atoms with Crippen LogP contribution >= 0.6 is 11.6 Å². The molecule has 1 aromatic carbocycles. The van der Waals surface area contributed by atoms with Crippen molar-refractivity contribution in [3.8, 4) is 11.5 Å². The Labute approximate surface area is 124 Å².